The van der Waals surface area contributed by atoms with Crippen LogP contribution in [0.15, 0.2) is 0 Å². The largest absolute Gasteiger partial charge is 0.394 e. The van der Waals surface area contributed by atoms with Gasteiger partial charge in [-0.25, -0.2) is 0 Å². The summed E-state index contributed by atoms with van der Waals surface area (Å²) in [5, 5.41) is 20.5. The van der Waals surface area contributed by atoms with Gasteiger partial charge in [0, 0.05) is 25.9 Å². The van der Waals surface area contributed by atoms with Crippen LogP contribution in [0.2, 0.25) is 0 Å². The van der Waals surface area contributed by atoms with Gasteiger partial charge in [0.15, 0.2) is 5.78 Å². The minimum Gasteiger partial charge on any atom is -0.394 e. The van der Waals surface area contributed by atoms with Crippen LogP contribution in [0.25, 0.3) is 0 Å². The van der Waals surface area contributed by atoms with Gasteiger partial charge in [-0.15, -0.1) is 0 Å². The molecule has 3 amide bonds. The third-order valence-electron chi connectivity index (χ3n) is 5.75. The monoisotopic (exact) mass is 485 g/mol. The van der Waals surface area contributed by atoms with E-state index in [1.54, 1.807) is 7.05 Å². The molecule has 0 spiro atoms. The smallest absolute Gasteiger partial charge is 0.236 e. The molecule has 0 aromatic heterocycles. The topological polar surface area (TPSA) is 163 Å². The van der Waals surface area contributed by atoms with Gasteiger partial charge < -0.3 is 26.8 Å². The molecule has 0 saturated heterocycles. The molecule has 0 aromatic carbocycles. The van der Waals surface area contributed by atoms with Crippen molar-refractivity contribution in [3.05, 3.63) is 0 Å². The van der Waals surface area contributed by atoms with Crippen molar-refractivity contribution in [2.45, 2.75) is 96.1 Å². The van der Waals surface area contributed by atoms with Crippen LogP contribution in [0.3, 0.4) is 0 Å². The second-order valence-electron chi connectivity index (χ2n) is 8.60. The predicted molar refractivity (Wildman–Crippen MR) is 133 cm³/mol. The second kappa shape index (κ2) is 21.5. The van der Waals surface area contributed by atoms with E-state index < -0.39 is 18.6 Å². The van der Waals surface area contributed by atoms with Gasteiger partial charge in [0.05, 0.1) is 19.2 Å². The van der Waals surface area contributed by atoms with Crippen molar-refractivity contribution in [1.29, 1.82) is 0 Å². The predicted octanol–water partition coefficient (Wildman–Crippen LogP) is 0.513. The molecule has 0 rings (SSSR count). The number of carbonyl (C=O) groups excluding carboxylic acids is 4. The van der Waals surface area contributed by atoms with E-state index in [0.29, 0.717) is 25.8 Å². The Balaban J connectivity index is 3.67. The number of amides is 3. The number of Topliss-reactive ketones (excluding diaryl/α,β-unsaturated/α-hetero) is 1. The van der Waals surface area contributed by atoms with Gasteiger partial charge in [0.25, 0.3) is 0 Å². The van der Waals surface area contributed by atoms with E-state index in [4.69, 9.17) is 10.8 Å². The fourth-order valence-electron chi connectivity index (χ4n) is 3.51. The summed E-state index contributed by atoms with van der Waals surface area (Å²) in [6.45, 7) is 2.70. The zero-order chi connectivity index (χ0) is 25.6. The molecule has 7 N–H and O–H groups in total. The van der Waals surface area contributed by atoms with Crippen molar-refractivity contribution in [3.63, 3.8) is 0 Å². The summed E-state index contributed by atoms with van der Waals surface area (Å²) < 4.78 is 0. The third-order valence-corrected chi connectivity index (χ3v) is 5.75. The summed E-state index contributed by atoms with van der Waals surface area (Å²) in [5.74, 6) is -0.620. The molecule has 0 aliphatic carbocycles. The average molecular weight is 486 g/mol. The SMILES string of the molecule is CCC(=O)NCCCCCCCCCC(=O)NCCCC[C@H](NC)C(=O)CN[C@@H](CO)C(N)=O. The quantitative estimate of drug-likeness (QED) is 0.115. The van der Waals surface area contributed by atoms with Crippen molar-refractivity contribution in [1.82, 2.24) is 21.3 Å². The second-order valence-corrected chi connectivity index (χ2v) is 8.60. The molecular weight excluding hydrogens is 438 g/mol. The van der Waals surface area contributed by atoms with Gasteiger partial charge in [-0.1, -0.05) is 39.0 Å². The van der Waals surface area contributed by atoms with Crippen molar-refractivity contribution >= 4 is 23.5 Å². The van der Waals surface area contributed by atoms with Crippen LogP contribution in [-0.2, 0) is 19.2 Å². The Morgan fingerprint density at radius 3 is 1.91 bits per heavy atom. The van der Waals surface area contributed by atoms with E-state index in [0.717, 1.165) is 64.3 Å². The van der Waals surface area contributed by atoms with Gasteiger partial charge >= 0.3 is 0 Å². The lowest BCUT2D eigenvalue weighted by Gasteiger charge is -2.17. The Kier molecular flexibility index (Phi) is 20.2. The van der Waals surface area contributed by atoms with Crippen molar-refractivity contribution < 1.29 is 24.3 Å². The first kappa shape index (κ1) is 32.0. The Labute approximate surface area is 204 Å². The normalized spacial score (nSPS) is 12.7. The average Bonchev–Trinajstić information content (AvgIpc) is 2.82. The Bertz CT molecular complexity index is 588. The molecule has 0 fully saturated rings. The summed E-state index contributed by atoms with van der Waals surface area (Å²) in [6.07, 6.45) is 10.8. The molecule has 0 unspecified atom stereocenters. The molecule has 0 radical (unpaired) electrons. The highest BCUT2D eigenvalue weighted by Crippen LogP contribution is 2.08. The maximum absolute atomic E-state index is 12.2. The first-order valence-electron chi connectivity index (χ1n) is 12.7. The number of rotatable bonds is 23. The number of aliphatic hydroxyl groups is 1. The van der Waals surface area contributed by atoms with Gasteiger partial charge in [-0.05, 0) is 39.2 Å². The first-order chi connectivity index (χ1) is 16.3. The zero-order valence-electron chi connectivity index (χ0n) is 21.1. The highest BCUT2D eigenvalue weighted by Gasteiger charge is 2.19. The maximum Gasteiger partial charge on any atom is 0.236 e. The molecule has 2 atom stereocenters. The van der Waals surface area contributed by atoms with Crippen LogP contribution >= 0.6 is 0 Å². The van der Waals surface area contributed by atoms with Crippen LogP contribution in [0.1, 0.15) is 84.0 Å². The summed E-state index contributed by atoms with van der Waals surface area (Å²) in [7, 11) is 1.70. The van der Waals surface area contributed by atoms with Crippen molar-refractivity contribution in [2.24, 2.45) is 5.73 Å². The molecule has 0 aliphatic rings. The summed E-state index contributed by atoms with van der Waals surface area (Å²) >= 11 is 0. The molecular formula is C24H47N5O5. The number of carbonyl (C=O) groups is 4. The fourth-order valence-corrected chi connectivity index (χ4v) is 3.51. The van der Waals surface area contributed by atoms with Crippen molar-refractivity contribution in [3.8, 4) is 0 Å². The zero-order valence-corrected chi connectivity index (χ0v) is 21.1. The number of nitrogens with one attached hydrogen (secondary N) is 4. The first-order valence-corrected chi connectivity index (χ1v) is 12.7. The molecule has 34 heavy (non-hydrogen) atoms. The van der Waals surface area contributed by atoms with Gasteiger partial charge in [-0.3, -0.25) is 24.5 Å². The van der Waals surface area contributed by atoms with Gasteiger partial charge in [0.2, 0.25) is 17.7 Å². The van der Waals surface area contributed by atoms with Crippen molar-refractivity contribution in [2.75, 3.05) is 33.3 Å². The highest BCUT2D eigenvalue weighted by molar-refractivity contribution is 5.87. The van der Waals surface area contributed by atoms with Crippen LogP contribution < -0.4 is 27.0 Å². The van der Waals surface area contributed by atoms with E-state index in [9.17, 15) is 19.2 Å². The number of hydrogen-bond donors (Lipinski definition) is 6. The maximum atomic E-state index is 12.2. The highest BCUT2D eigenvalue weighted by atomic mass is 16.3. The minimum atomic E-state index is -0.928. The molecule has 0 aliphatic heterocycles. The van der Waals surface area contributed by atoms with Crippen LogP contribution in [0, 0.1) is 0 Å². The van der Waals surface area contributed by atoms with Crippen LogP contribution in [0.4, 0.5) is 0 Å². The Morgan fingerprint density at radius 1 is 0.794 bits per heavy atom. The number of likely N-dealkylation sites (N-methyl/N-ethyl adjacent to an activating group) is 1. The molecule has 0 aromatic rings. The van der Waals surface area contributed by atoms with E-state index >= 15 is 0 Å². The number of nitrogens with two attached hydrogens (primary N) is 1. The molecule has 10 nitrogen and oxygen atoms in total. The van der Waals surface area contributed by atoms with Gasteiger partial charge in [-0.2, -0.15) is 0 Å². The lowest BCUT2D eigenvalue weighted by molar-refractivity contribution is -0.123. The van der Waals surface area contributed by atoms with E-state index in [-0.39, 0.29) is 30.2 Å². The molecule has 10 heteroatoms. The Morgan fingerprint density at radius 2 is 1.35 bits per heavy atom. The van der Waals surface area contributed by atoms with Crippen LogP contribution in [-0.4, -0.2) is 74.0 Å². The molecule has 0 heterocycles. The fraction of sp³-hybridized carbons (Fsp3) is 0.833. The minimum absolute atomic E-state index is 0.0480. The number of unbranched alkanes of at least 4 members (excludes halogenated alkanes) is 7. The summed E-state index contributed by atoms with van der Waals surface area (Å²) in [5.41, 5.74) is 5.13. The number of primary amides is 1. The molecule has 0 saturated carbocycles. The van der Waals surface area contributed by atoms with Crippen LogP contribution in [0.5, 0.6) is 0 Å². The van der Waals surface area contributed by atoms with E-state index in [2.05, 4.69) is 21.3 Å². The lowest BCUT2D eigenvalue weighted by atomic mass is 10.0. The summed E-state index contributed by atoms with van der Waals surface area (Å²) in [6, 6.07) is -1.28. The number of hydrogen-bond acceptors (Lipinski definition) is 7. The molecule has 0 bridgehead atoms. The molecule has 198 valence electrons. The summed E-state index contributed by atoms with van der Waals surface area (Å²) in [4.78, 5) is 46.4. The third kappa shape index (κ3) is 17.4. The lowest BCUT2D eigenvalue weighted by Crippen LogP contribution is -2.48. The van der Waals surface area contributed by atoms with E-state index in [1.165, 1.54) is 0 Å². The van der Waals surface area contributed by atoms with Gasteiger partial charge in [0.1, 0.15) is 6.04 Å². The number of ketones is 1. The van der Waals surface area contributed by atoms with E-state index in [1.807, 2.05) is 6.92 Å². The standard InChI is InChI=1S/C24H47N5O5/c1-3-22(32)27-15-11-8-6-4-5-7-9-14-23(33)28-16-12-10-13-19(26-2)21(31)17-29-20(18-30)24(25)34/h19-20,26,29-30H,3-18H2,1-2H3,(H2,25,34)(H,27,32)(H,28,33)/t19-,20-/m0/s1. The number of aliphatic hydroxyl groups excluding tert-OH is 1. The Hall–Kier alpha value is -2.04.